The Kier molecular flexibility index (Phi) is 6.97. The van der Waals surface area contributed by atoms with Crippen molar-refractivity contribution in [3.8, 4) is 0 Å². The Balaban J connectivity index is 1.90. The molecule has 0 heterocycles. The third-order valence-corrected chi connectivity index (χ3v) is 6.75. The molecule has 5 nitrogen and oxygen atoms in total. The summed E-state index contributed by atoms with van der Waals surface area (Å²) in [4.78, 5) is 12.7. The molecule has 0 unspecified atom stereocenters. The second kappa shape index (κ2) is 9.49. The van der Waals surface area contributed by atoms with E-state index in [9.17, 15) is 17.6 Å². The Morgan fingerprint density at radius 3 is 2.29 bits per heavy atom. The van der Waals surface area contributed by atoms with Crippen LogP contribution in [-0.4, -0.2) is 20.9 Å². The van der Waals surface area contributed by atoms with Crippen molar-refractivity contribution in [3.05, 3.63) is 94.3 Å². The first-order chi connectivity index (χ1) is 14.7. The molecule has 0 atom stereocenters. The number of sulfonamides is 1. The Labute approximate surface area is 186 Å². The average molecular weight is 461 g/mol. The molecule has 0 aromatic heterocycles. The van der Waals surface area contributed by atoms with Gasteiger partial charge in [0, 0.05) is 11.6 Å². The fourth-order valence-electron chi connectivity index (χ4n) is 2.98. The van der Waals surface area contributed by atoms with E-state index in [0.717, 1.165) is 9.87 Å². The molecule has 0 bridgehead atoms. The van der Waals surface area contributed by atoms with Gasteiger partial charge in [0.1, 0.15) is 12.4 Å². The standard InChI is InChI=1S/C23H22ClFN2O3S/c1-16-3-11-21(12-4-16)31(29,30)27(22-13-19(24)8-5-17(22)2)15-23(28)26-14-18-6-9-20(25)10-7-18/h3-13H,14-15H2,1-2H3,(H,26,28). The molecule has 8 heteroatoms. The van der Waals surface area contributed by atoms with Gasteiger partial charge in [0.2, 0.25) is 5.91 Å². The van der Waals surface area contributed by atoms with Crippen LogP contribution >= 0.6 is 11.6 Å². The van der Waals surface area contributed by atoms with Crippen LogP contribution in [0.1, 0.15) is 16.7 Å². The Morgan fingerprint density at radius 1 is 1.00 bits per heavy atom. The van der Waals surface area contributed by atoms with E-state index >= 15 is 0 Å². The smallest absolute Gasteiger partial charge is 0.264 e. The largest absolute Gasteiger partial charge is 0.350 e. The third kappa shape index (κ3) is 5.62. The molecule has 0 saturated carbocycles. The van der Waals surface area contributed by atoms with Gasteiger partial charge in [0.25, 0.3) is 10.0 Å². The monoisotopic (exact) mass is 460 g/mol. The molecule has 0 saturated heterocycles. The van der Waals surface area contributed by atoms with Crippen LogP contribution in [0.15, 0.2) is 71.6 Å². The quantitative estimate of drug-likeness (QED) is 0.560. The number of benzene rings is 3. The van der Waals surface area contributed by atoms with E-state index in [1.807, 2.05) is 6.92 Å². The summed E-state index contributed by atoms with van der Waals surface area (Å²) in [5.41, 5.74) is 2.60. The third-order valence-electron chi connectivity index (χ3n) is 4.74. The number of amides is 1. The molecule has 0 aliphatic heterocycles. The SMILES string of the molecule is Cc1ccc(S(=O)(=O)N(CC(=O)NCc2ccc(F)cc2)c2cc(Cl)ccc2C)cc1. The summed E-state index contributed by atoms with van der Waals surface area (Å²) in [6.07, 6.45) is 0. The molecule has 3 aromatic carbocycles. The van der Waals surface area contributed by atoms with Gasteiger partial charge in [-0.3, -0.25) is 9.10 Å². The van der Waals surface area contributed by atoms with Gasteiger partial charge < -0.3 is 5.32 Å². The van der Waals surface area contributed by atoms with Crippen LogP contribution in [-0.2, 0) is 21.4 Å². The van der Waals surface area contributed by atoms with Crippen LogP contribution in [0.25, 0.3) is 0 Å². The lowest BCUT2D eigenvalue weighted by Crippen LogP contribution is -2.41. The van der Waals surface area contributed by atoms with Crippen LogP contribution in [0.4, 0.5) is 10.1 Å². The number of halogens is 2. The molecule has 0 aliphatic rings. The van der Waals surface area contributed by atoms with Crippen LogP contribution in [0, 0.1) is 19.7 Å². The molecular weight excluding hydrogens is 439 g/mol. The fourth-order valence-corrected chi connectivity index (χ4v) is 4.62. The highest BCUT2D eigenvalue weighted by molar-refractivity contribution is 7.92. The van der Waals surface area contributed by atoms with E-state index < -0.39 is 22.5 Å². The molecule has 0 spiro atoms. The lowest BCUT2D eigenvalue weighted by atomic mass is 10.2. The van der Waals surface area contributed by atoms with Crippen LogP contribution < -0.4 is 9.62 Å². The number of rotatable bonds is 7. The van der Waals surface area contributed by atoms with Crippen molar-refractivity contribution >= 4 is 33.2 Å². The molecule has 3 aromatic rings. The number of nitrogens with one attached hydrogen (secondary N) is 1. The first kappa shape index (κ1) is 22.8. The van der Waals surface area contributed by atoms with Gasteiger partial charge in [-0.05, 0) is 61.4 Å². The average Bonchev–Trinajstić information content (AvgIpc) is 2.74. The van der Waals surface area contributed by atoms with Crippen LogP contribution in [0.3, 0.4) is 0 Å². The lowest BCUT2D eigenvalue weighted by Gasteiger charge is -2.26. The number of hydrogen-bond donors (Lipinski definition) is 1. The molecule has 0 aliphatic carbocycles. The van der Waals surface area contributed by atoms with E-state index in [1.54, 1.807) is 43.3 Å². The predicted octanol–water partition coefficient (Wildman–Crippen LogP) is 4.61. The van der Waals surface area contributed by atoms with Gasteiger partial charge in [0.15, 0.2) is 0 Å². The normalized spacial score (nSPS) is 11.2. The van der Waals surface area contributed by atoms with Crippen molar-refractivity contribution in [1.82, 2.24) is 5.32 Å². The zero-order valence-electron chi connectivity index (χ0n) is 17.1. The summed E-state index contributed by atoms with van der Waals surface area (Å²) in [5.74, 6) is -0.874. The summed E-state index contributed by atoms with van der Waals surface area (Å²) in [6.45, 7) is 3.32. The topological polar surface area (TPSA) is 66.5 Å². The maximum Gasteiger partial charge on any atom is 0.264 e. The highest BCUT2D eigenvalue weighted by Crippen LogP contribution is 2.29. The number of anilines is 1. The van der Waals surface area contributed by atoms with Crippen molar-refractivity contribution in [2.75, 3.05) is 10.8 Å². The Hall–Kier alpha value is -2.90. The van der Waals surface area contributed by atoms with E-state index in [2.05, 4.69) is 5.32 Å². The molecule has 162 valence electrons. The summed E-state index contributed by atoms with van der Waals surface area (Å²) in [5, 5.41) is 3.04. The maximum absolute atomic E-state index is 13.4. The minimum Gasteiger partial charge on any atom is -0.350 e. The molecule has 0 fully saturated rings. The Bertz CT molecular complexity index is 1180. The lowest BCUT2D eigenvalue weighted by molar-refractivity contribution is -0.119. The molecular formula is C23H22ClFN2O3S. The van der Waals surface area contributed by atoms with Gasteiger partial charge in [-0.25, -0.2) is 12.8 Å². The van der Waals surface area contributed by atoms with Crippen LogP contribution in [0.5, 0.6) is 0 Å². The highest BCUT2D eigenvalue weighted by atomic mass is 35.5. The van der Waals surface area contributed by atoms with E-state index in [0.29, 0.717) is 21.8 Å². The molecule has 0 radical (unpaired) electrons. The number of carbonyl (C=O) groups is 1. The zero-order chi connectivity index (χ0) is 22.6. The fraction of sp³-hybridized carbons (Fsp3) is 0.174. The number of carbonyl (C=O) groups excluding carboxylic acids is 1. The highest BCUT2D eigenvalue weighted by Gasteiger charge is 2.28. The van der Waals surface area contributed by atoms with Crippen molar-refractivity contribution in [2.45, 2.75) is 25.3 Å². The molecule has 3 rings (SSSR count). The van der Waals surface area contributed by atoms with Gasteiger partial charge in [0.05, 0.1) is 10.6 Å². The molecule has 1 N–H and O–H groups in total. The Morgan fingerprint density at radius 2 is 1.65 bits per heavy atom. The van der Waals surface area contributed by atoms with Gasteiger partial charge >= 0.3 is 0 Å². The second-order valence-corrected chi connectivity index (χ2v) is 9.46. The summed E-state index contributed by atoms with van der Waals surface area (Å²) >= 11 is 6.12. The van der Waals surface area contributed by atoms with Crippen molar-refractivity contribution in [1.29, 1.82) is 0 Å². The summed E-state index contributed by atoms with van der Waals surface area (Å²) in [7, 11) is -4.03. The van der Waals surface area contributed by atoms with Gasteiger partial charge in [-0.2, -0.15) is 0 Å². The first-order valence-corrected chi connectivity index (χ1v) is 11.4. The van der Waals surface area contributed by atoms with E-state index in [4.69, 9.17) is 11.6 Å². The van der Waals surface area contributed by atoms with Crippen molar-refractivity contribution in [3.63, 3.8) is 0 Å². The minimum atomic E-state index is -4.03. The maximum atomic E-state index is 13.4. The summed E-state index contributed by atoms with van der Waals surface area (Å²) in [6, 6.07) is 17.0. The van der Waals surface area contributed by atoms with Crippen molar-refractivity contribution < 1.29 is 17.6 Å². The zero-order valence-corrected chi connectivity index (χ0v) is 18.7. The van der Waals surface area contributed by atoms with E-state index in [1.165, 1.54) is 30.3 Å². The second-order valence-electron chi connectivity index (χ2n) is 7.16. The summed E-state index contributed by atoms with van der Waals surface area (Å²) < 4.78 is 40.9. The number of nitrogens with zero attached hydrogens (tertiary/aromatic N) is 1. The van der Waals surface area contributed by atoms with Crippen LogP contribution in [0.2, 0.25) is 5.02 Å². The molecule has 31 heavy (non-hydrogen) atoms. The molecule has 1 amide bonds. The first-order valence-electron chi connectivity index (χ1n) is 9.53. The van der Waals surface area contributed by atoms with Crippen molar-refractivity contribution in [2.24, 2.45) is 0 Å². The minimum absolute atomic E-state index is 0.0730. The van der Waals surface area contributed by atoms with Gasteiger partial charge in [-0.15, -0.1) is 0 Å². The number of aryl methyl sites for hydroxylation is 2. The number of hydrogen-bond acceptors (Lipinski definition) is 3. The predicted molar refractivity (Wildman–Crippen MR) is 120 cm³/mol. The van der Waals surface area contributed by atoms with E-state index in [-0.39, 0.29) is 17.3 Å². The van der Waals surface area contributed by atoms with Gasteiger partial charge in [-0.1, -0.05) is 47.5 Å².